The summed E-state index contributed by atoms with van der Waals surface area (Å²) in [6.07, 6.45) is -4.12. The minimum Gasteiger partial charge on any atom is -0.472 e. The van der Waals surface area contributed by atoms with E-state index in [9.17, 15) is 37.6 Å². The molecule has 1 unspecified atom stereocenters. The van der Waals surface area contributed by atoms with Gasteiger partial charge in [0, 0.05) is 19.2 Å². The molecule has 11 nitrogen and oxygen atoms in total. The van der Waals surface area contributed by atoms with Crippen LogP contribution in [0.1, 0.15) is 38.3 Å². The van der Waals surface area contributed by atoms with E-state index in [1.54, 1.807) is 24.4 Å². The standard InChI is InChI=1S/C24H27F3N6O5/c1-12-4-7-16-17(30-12)31-20(36)23(38-16)9-14(10-28)33(11-23)18(34)15(8-13-5-6-13)22(2,19(35)29-3)32-21(37)24(25,26)27/h4,7,13-15H,5-6,8-9,11H2,1-3H3,(H,29,35)(H,32,37)(H,30,31,36)/t14-,15+,22?,23+/m0/s1. The lowest BCUT2D eigenvalue weighted by atomic mass is 9.79. The molecule has 3 heterocycles. The summed E-state index contributed by atoms with van der Waals surface area (Å²) in [7, 11) is 1.18. The SMILES string of the molecule is CNC(=O)C(C)(NC(=O)C(F)(F)F)[C@H](CC1CC1)C(=O)N1C[C@@]2(C[C@H]1C#N)Oc1ccc(C)nc1NC2=O. The van der Waals surface area contributed by atoms with Crippen LogP contribution in [0.15, 0.2) is 12.1 Å². The first kappa shape index (κ1) is 27.2. The number of pyridine rings is 1. The molecule has 1 aliphatic carbocycles. The van der Waals surface area contributed by atoms with Gasteiger partial charge in [-0.15, -0.1) is 0 Å². The van der Waals surface area contributed by atoms with Crippen molar-refractivity contribution in [3.8, 4) is 11.8 Å². The third-order valence-corrected chi connectivity index (χ3v) is 7.30. The number of likely N-dealkylation sites (N-methyl/N-ethyl adjacent to an activating group) is 1. The molecule has 1 spiro atoms. The van der Waals surface area contributed by atoms with Gasteiger partial charge in [0.15, 0.2) is 11.6 Å². The van der Waals surface area contributed by atoms with Gasteiger partial charge in [0.25, 0.3) is 5.91 Å². The van der Waals surface area contributed by atoms with Gasteiger partial charge in [0.2, 0.25) is 17.4 Å². The fraction of sp³-hybridized carbons (Fsp3) is 0.583. The second-order valence-electron chi connectivity index (χ2n) is 10.1. The van der Waals surface area contributed by atoms with Crippen molar-refractivity contribution in [2.75, 3.05) is 18.9 Å². The number of likely N-dealkylation sites (tertiary alicyclic amines) is 1. The Bertz CT molecular complexity index is 1230. The number of aromatic nitrogens is 1. The lowest BCUT2D eigenvalue weighted by molar-refractivity contribution is -0.177. The van der Waals surface area contributed by atoms with Crippen molar-refractivity contribution >= 4 is 29.4 Å². The number of carbonyl (C=O) groups excluding carboxylic acids is 4. The zero-order valence-electron chi connectivity index (χ0n) is 20.9. The molecule has 38 heavy (non-hydrogen) atoms. The van der Waals surface area contributed by atoms with Gasteiger partial charge >= 0.3 is 12.1 Å². The van der Waals surface area contributed by atoms with Gasteiger partial charge in [0.1, 0.15) is 11.6 Å². The summed E-state index contributed by atoms with van der Waals surface area (Å²) in [5.74, 6) is -5.91. The van der Waals surface area contributed by atoms with Crippen molar-refractivity contribution in [2.24, 2.45) is 11.8 Å². The summed E-state index contributed by atoms with van der Waals surface area (Å²) < 4.78 is 45.5. The number of aryl methyl sites for hydroxylation is 1. The molecule has 3 N–H and O–H groups in total. The van der Waals surface area contributed by atoms with Gasteiger partial charge in [-0.05, 0) is 38.3 Å². The number of halogens is 3. The van der Waals surface area contributed by atoms with Crippen molar-refractivity contribution < 1.29 is 37.1 Å². The first-order valence-electron chi connectivity index (χ1n) is 12.0. The molecule has 4 amide bonds. The topological polar surface area (TPSA) is 154 Å². The summed E-state index contributed by atoms with van der Waals surface area (Å²) in [5, 5.41) is 16.5. The van der Waals surface area contributed by atoms with Crippen LogP contribution < -0.4 is 20.7 Å². The van der Waals surface area contributed by atoms with Gasteiger partial charge < -0.3 is 25.6 Å². The van der Waals surface area contributed by atoms with E-state index in [-0.39, 0.29) is 36.9 Å². The Kier molecular flexibility index (Phi) is 6.75. The van der Waals surface area contributed by atoms with Crippen LogP contribution in [-0.4, -0.2) is 70.5 Å². The fourth-order valence-electron chi connectivity index (χ4n) is 4.99. The predicted octanol–water partition coefficient (Wildman–Crippen LogP) is 1.18. The number of hydrogen-bond acceptors (Lipinski definition) is 7. The summed E-state index contributed by atoms with van der Waals surface area (Å²) in [6, 6.07) is 4.04. The van der Waals surface area contributed by atoms with E-state index in [1.807, 2.05) is 6.07 Å². The quantitative estimate of drug-likeness (QED) is 0.494. The molecule has 0 radical (unpaired) electrons. The molecule has 0 aromatic carbocycles. The molecule has 204 valence electrons. The van der Waals surface area contributed by atoms with Gasteiger partial charge in [-0.1, -0.05) is 12.8 Å². The third kappa shape index (κ3) is 4.84. The van der Waals surface area contributed by atoms with Crippen LogP contribution in [0.4, 0.5) is 19.0 Å². The molecule has 0 bridgehead atoms. The van der Waals surface area contributed by atoms with Crippen molar-refractivity contribution in [3.63, 3.8) is 0 Å². The van der Waals surface area contributed by atoms with Crippen molar-refractivity contribution in [3.05, 3.63) is 17.8 Å². The number of amides is 4. The van der Waals surface area contributed by atoms with Crippen molar-refractivity contribution in [1.29, 1.82) is 5.26 Å². The molecule has 4 rings (SSSR count). The number of fused-ring (bicyclic) bond motifs is 1. The Labute approximate surface area is 216 Å². The summed E-state index contributed by atoms with van der Waals surface area (Å²) >= 11 is 0. The number of nitrogens with one attached hydrogen (secondary N) is 3. The van der Waals surface area contributed by atoms with Crippen LogP contribution in [0, 0.1) is 30.1 Å². The largest absolute Gasteiger partial charge is 0.472 e. The van der Waals surface area contributed by atoms with Crippen LogP contribution >= 0.6 is 0 Å². The minimum atomic E-state index is -5.30. The van der Waals surface area contributed by atoms with E-state index in [2.05, 4.69) is 15.6 Å². The second kappa shape index (κ2) is 9.45. The number of nitrogens with zero attached hydrogens (tertiary/aromatic N) is 3. The molecule has 14 heteroatoms. The average Bonchev–Trinajstić information content (AvgIpc) is 3.60. The molecule has 4 atom stereocenters. The Morgan fingerprint density at radius 1 is 1.32 bits per heavy atom. The monoisotopic (exact) mass is 536 g/mol. The zero-order chi connectivity index (χ0) is 28.0. The molecule has 1 aromatic heterocycles. The van der Waals surface area contributed by atoms with Gasteiger partial charge in [-0.3, -0.25) is 19.2 Å². The number of carbonyl (C=O) groups is 4. The van der Waals surface area contributed by atoms with Gasteiger partial charge in [0.05, 0.1) is 18.5 Å². The second-order valence-corrected chi connectivity index (χ2v) is 10.1. The molecule has 1 saturated carbocycles. The summed E-state index contributed by atoms with van der Waals surface area (Å²) in [6.45, 7) is 2.39. The first-order chi connectivity index (χ1) is 17.7. The fourth-order valence-corrected chi connectivity index (χ4v) is 4.99. The average molecular weight is 537 g/mol. The highest BCUT2D eigenvalue weighted by Gasteiger charge is 2.59. The lowest BCUT2D eigenvalue weighted by Gasteiger charge is -2.39. The van der Waals surface area contributed by atoms with E-state index in [0.29, 0.717) is 18.5 Å². The number of nitriles is 1. The Morgan fingerprint density at radius 3 is 2.58 bits per heavy atom. The smallest absolute Gasteiger partial charge is 0.471 e. The van der Waals surface area contributed by atoms with Crippen LogP contribution in [0.2, 0.25) is 0 Å². The van der Waals surface area contributed by atoms with Crippen LogP contribution in [0.5, 0.6) is 5.75 Å². The van der Waals surface area contributed by atoms with Gasteiger partial charge in [-0.25, -0.2) is 4.98 Å². The molecule has 3 aliphatic rings. The summed E-state index contributed by atoms with van der Waals surface area (Å²) in [4.78, 5) is 57.2. The number of anilines is 1. The maximum Gasteiger partial charge on any atom is 0.471 e. The highest BCUT2D eigenvalue weighted by Crippen LogP contribution is 2.43. The van der Waals surface area contributed by atoms with Crippen molar-refractivity contribution in [1.82, 2.24) is 20.5 Å². The van der Waals surface area contributed by atoms with E-state index in [0.717, 1.165) is 11.8 Å². The van der Waals surface area contributed by atoms with Gasteiger partial charge in [-0.2, -0.15) is 18.4 Å². The molecule has 1 saturated heterocycles. The van der Waals surface area contributed by atoms with Crippen LogP contribution in [-0.2, 0) is 19.2 Å². The molecule has 2 fully saturated rings. The molecule has 2 aliphatic heterocycles. The molecular formula is C24H27F3N6O5. The maximum atomic E-state index is 14.0. The van der Waals surface area contributed by atoms with E-state index in [1.165, 1.54) is 7.05 Å². The first-order valence-corrected chi connectivity index (χ1v) is 12.0. The number of hydrogen-bond donors (Lipinski definition) is 3. The maximum absolute atomic E-state index is 14.0. The highest BCUT2D eigenvalue weighted by atomic mass is 19.4. The predicted molar refractivity (Wildman–Crippen MR) is 124 cm³/mol. The van der Waals surface area contributed by atoms with E-state index < -0.39 is 52.9 Å². The van der Waals surface area contributed by atoms with Crippen molar-refractivity contribution in [2.45, 2.75) is 62.9 Å². The Hall–Kier alpha value is -3.89. The zero-order valence-corrected chi connectivity index (χ0v) is 20.9. The summed E-state index contributed by atoms with van der Waals surface area (Å²) in [5.41, 5.74) is -3.32. The number of ether oxygens (including phenoxy) is 1. The van der Waals surface area contributed by atoms with Crippen LogP contribution in [0.3, 0.4) is 0 Å². The molecule has 1 aromatic rings. The molecular weight excluding hydrogens is 509 g/mol. The number of alkyl halides is 3. The van der Waals surface area contributed by atoms with E-state index >= 15 is 0 Å². The Morgan fingerprint density at radius 2 is 2.00 bits per heavy atom. The van der Waals surface area contributed by atoms with Crippen LogP contribution in [0.25, 0.3) is 0 Å². The Balaban J connectivity index is 1.69. The normalized spacial score (nSPS) is 24.8. The number of rotatable bonds is 6. The van der Waals surface area contributed by atoms with E-state index in [4.69, 9.17) is 4.74 Å². The minimum absolute atomic E-state index is 0.00161. The lowest BCUT2D eigenvalue weighted by Crippen LogP contribution is -2.66. The third-order valence-electron chi connectivity index (χ3n) is 7.30. The highest BCUT2D eigenvalue weighted by molar-refractivity contribution is 6.02.